The Labute approximate surface area is 284 Å². The first-order chi connectivity index (χ1) is 21.6. The molecule has 0 aliphatic heterocycles. The molecule has 5 aliphatic rings. The number of aromatic nitrogens is 2. The summed E-state index contributed by atoms with van der Waals surface area (Å²) in [5, 5.41) is 12.2. The van der Waals surface area contributed by atoms with Gasteiger partial charge in [0.1, 0.15) is 16.1 Å². The van der Waals surface area contributed by atoms with Crippen LogP contribution in [-0.2, 0) is 19.7 Å². The van der Waals surface area contributed by atoms with Crippen LogP contribution in [-0.4, -0.2) is 28.1 Å². The highest BCUT2D eigenvalue weighted by atomic mass is 35.5. The van der Waals surface area contributed by atoms with Gasteiger partial charge in [-0.05, 0) is 115 Å². The van der Waals surface area contributed by atoms with E-state index in [1.807, 2.05) is 24.3 Å². The van der Waals surface area contributed by atoms with Gasteiger partial charge in [-0.3, -0.25) is 9.59 Å². The van der Waals surface area contributed by atoms with Crippen molar-refractivity contribution in [3.8, 4) is 10.6 Å². The van der Waals surface area contributed by atoms with Crippen LogP contribution in [0.5, 0.6) is 0 Å². The van der Waals surface area contributed by atoms with Crippen LogP contribution in [0, 0.1) is 45.3 Å². The molecule has 5 nitrogen and oxygen atoms in total. The van der Waals surface area contributed by atoms with Crippen molar-refractivity contribution in [3.05, 3.63) is 45.4 Å². The number of fused-ring (bicyclic) bond motifs is 7. The highest BCUT2D eigenvalue weighted by Gasteiger charge is 2.70. The monoisotopic (exact) mass is 662 g/mol. The van der Waals surface area contributed by atoms with E-state index in [-0.39, 0.29) is 45.1 Å². The molecular weight excluding hydrogens is 612 g/mol. The van der Waals surface area contributed by atoms with Gasteiger partial charge in [0.25, 0.3) is 0 Å². The van der Waals surface area contributed by atoms with Crippen molar-refractivity contribution in [1.82, 2.24) is 10.2 Å². The van der Waals surface area contributed by atoms with Gasteiger partial charge in [-0.25, -0.2) is 0 Å². The summed E-state index contributed by atoms with van der Waals surface area (Å²) in [5.74, 6) is 1.84. The number of nitrogens with zero attached hydrogens (tertiary/aromatic N) is 2. The quantitative estimate of drug-likeness (QED) is 0.305. The molecule has 4 fully saturated rings. The number of carbonyl (C=O) groups excluding carboxylic acids is 2. The number of esters is 1. The van der Waals surface area contributed by atoms with E-state index >= 15 is 0 Å². The SMILES string of the molecule is CC(=O)O[C@H]1CC[C@]2(C)[C@H]3CC[C@@H]4C5=C(C(C)C)C(=O)C[C@]5(c5nnc(-c6ccc(Cl)cc6)s5)CC[C@@]4(C)[C@]3(C)CC[C@H]2C1(C)C. The summed E-state index contributed by atoms with van der Waals surface area (Å²) in [6.45, 7) is 18.5. The summed E-state index contributed by atoms with van der Waals surface area (Å²) < 4.78 is 5.95. The molecule has 4 saturated carbocycles. The molecule has 0 saturated heterocycles. The Morgan fingerprint density at radius 2 is 1.63 bits per heavy atom. The van der Waals surface area contributed by atoms with Crippen LogP contribution >= 0.6 is 22.9 Å². The first-order valence-electron chi connectivity index (χ1n) is 17.6. The molecule has 0 N–H and O–H groups in total. The molecule has 7 rings (SSSR count). The van der Waals surface area contributed by atoms with Gasteiger partial charge in [-0.15, -0.1) is 10.2 Å². The molecular formula is C39H51ClN2O3S. The average Bonchev–Trinajstić information content (AvgIpc) is 3.59. The third kappa shape index (κ3) is 4.36. The highest BCUT2D eigenvalue weighted by molar-refractivity contribution is 7.14. The Kier molecular flexibility index (Phi) is 7.58. The number of rotatable bonds is 4. The molecule has 5 aliphatic carbocycles. The largest absolute Gasteiger partial charge is 0.462 e. The topological polar surface area (TPSA) is 69.2 Å². The molecule has 7 heteroatoms. The number of ether oxygens (including phenoxy) is 1. The summed E-state index contributed by atoms with van der Waals surface area (Å²) in [5.41, 5.74) is 3.58. The predicted octanol–water partition coefficient (Wildman–Crippen LogP) is 10.0. The van der Waals surface area contributed by atoms with Crippen molar-refractivity contribution in [2.45, 2.75) is 125 Å². The van der Waals surface area contributed by atoms with Crippen LogP contribution in [0.15, 0.2) is 35.4 Å². The number of carbonyl (C=O) groups is 2. The summed E-state index contributed by atoms with van der Waals surface area (Å²) in [4.78, 5) is 26.1. The Morgan fingerprint density at radius 3 is 2.30 bits per heavy atom. The van der Waals surface area contributed by atoms with E-state index in [4.69, 9.17) is 26.5 Å². The third-order valence-electron chi connectivity index (χ3n) is 14.6. The lowest BCUT2D eigenvalue weighted by atomic mass is 9.33. The highest BCUT2D eigenvalue weighted by Crippen LogP contribution is 2.77. The van der Waals surface area contributed by atoms with Crippen molar-refractivity contribution in [1.29, 1.82) is 0 Å². The maximum Gasteiger partial charge on any atom is 0.302 e. The van der Waals surface area contributed by atoms with E-state index in [0.29, 0.717) is 35.0 Å². The second kappa shape index (κ2) is 10.7. The van der Waals surface area contributed by atoms with E-state index in [1.165, 1.54) is 18.4 Å². The first kappa shape index (κ1) is 32.5. The van der Waals surface area contributed by atoms with Crippen LogP contribution in [0.1, 0.15) is 118 Å². The van der Waals surface area contributed by atoms with Crippen LogP contribution in [0.2, 0.25) is 5.02 Å². The zero-order chi connectivity index (χ0) is 33.0. The summed E-state index contributed by atoms with van der Waals surface area (Å²) in [6.07, 6.45) is 9.28. The number of benzene rings is 1. The zero-order valence-corrected chi connectivity index (χ0v) is 30.5. The molecule has 0 bridgehead atoms. The van der Waals surface area contributed by atoms with Gasteiger partial charge < -0.3 is 4.74 Å². The zero-order valence-electron chi connectivity index (χ0n) is 29.0. The summed E-state index contributed by atoms with van der Waals surface area (Å²) >= 11 is 7.86. The molecule has 1 heterocycles. The molecule has 2 aromatic rings. The molecule has 0 unspecified atom stereocenters. The maximum atomic E-state index is 14.1. The van der Waals surface area contributed by atoms with E-state index in [9.17, 15) is 9.59 Å². The molecule has 1 aromatic carbocycles. The second-order valence-corrected chi connectivity index (χ2v) is 18.6. The summed E-state index contributed by atoms with van der Waals surface area (Å²) in [7, 11) is 0. The fourth-order valence-electron chi connectivity index (χ4n) is 12.4. The predicted molar refractivity (Wildman–Crippen MR) is 185 cm³/mol. The molecule has 0 radical (unpaired) electrons. The first-order valence-corrected chi connectivity index (χ1v) is 18.8. The lowest BCUT2D eigenvalue weighted by Gasteiger charge is -2.72. The molecule has 8 atom stereocenters. The number of allylic oxidation sites excluding steroid dienone is 2. The van der Waals surface area contributed by atoms with E-state index < -0.39 is 0 Å². The molecule has 0 spiro atoms. The van der Waals surface area contributed by atoms with Gasteiger partial charge in [-0.2, -0.15) is 0 Å². The van der Waals surface area contributed by atoms with Crippen LogP contribution < -0.4 is 0 Å². The van der Waals surface area contributed by atoms with Crippen molar-refractivity contribution >= 4 is 34.7 Å². The van der Waals surface area contributed by atoms with Crippen molar-refractivity contribution in [3.63, 3.8) is 0 Å². The standard InChI is InChI=1S/C39H51ClN2O3S/c1-22(2)31-27(44)21-39(34-42-41-33(46-34)24-9-11-25(40)12-10-24)20-19-37(7)26(32(31)39)13-14-29-36(6)17-16-30(45-23(3)43)35(4,5)28(36)15-18-38(29,37)8/h9-12,22,26,28-30H,13-21H2,1-8H3/t26-,28+,29-,30+,36+,37-,38-,39-/m1/s1. The average molecular weight is 663 g/mol. The molecule has 0 amide bonds. The molecule has 46 heavy (non-hydrogen) atoms. The van der Waals surface area contributed by atoms with Crippen LogP contribution in [0.3, 0.4) is 0 Å². The second-order valence-electron chi connectivity index (χ2n) is 17.2. The normalized spacial score (nSPS) is 39.8. The minimum atomic E-state index is -0.350. The van der Waals surface area contributed by atoms with Gasteiger partial charge in [0, 0.05) is 29.3 Å². The summed E-state index contributed by atoms with van der Waals surface area (Å²) in [6, 6.07) is 7.83. The van der Waals surface area contributed by atoms with Gasteiger partial charge in [0.15, 0.2) is 5.78 Å². The number of hydrogen-bond donors (Lipinski definition) is 0. The van der Waals surface area contributed by atoms with Gasteiger partial charge in [0.05, 0.1) is 5.41 Å². The number of hydrogen-bond acceptors (Lipinski definition) is 6. The third-order valence-corrected chi connectivity index (χ3v) is 16.0. The lowest BCUT2D eigenvalue weighted by Crippen LogP contribution is -2.66. The molecule has 248 valence electrons. The Hall–Kier alpha value is -2.05. The van der Waals surface area contributed by atoms with Crippen molar-refractivity contribution in [2.75, 3.05) is 0 Å². The van der Waals surface area contributed by atoms with E-state index in [2.05, 4.69) is 48.5 Å². The van der Waals surface area contributed by atoms with Gasteiger partial charge >= 0.3 is 5.97 Å². The minimum absolute atomic E-state index is 0.0115. The Morgan fingerprint density at radius 1 is 0.913 bits per heavy atom. The van der Waals surface area contributed by atoms with Crippen molar-refractivity contribution < 1.29 is 14.3 Å². The van der Waals surface area contributed by atoms with Crippen LogP contribution in [0.4, 0.5) is 0 Å². The number of halogens is 1. The number of Topliss-reactive ketones (excluding diaryl/α,β-unsaturated/α-hetero) is 1. The fraction of sp³-hybridized carbons (Fsp3) is 0.692. The van der Waals surface area contributed by atoms with Crippen molar-refractivity contribution in [2.24, 2.45) is 45.3 Å². The maximum absolute atomic E-state index is 14.1. The minimum Gasteiger partial charge on any atom is -0.462 e. The van der Waals surface area contributed by atoms with E-state index in [0.717, 1.165) is 59.7 Å². The molecule has 1 aromatic heterocycles. The van der Waals surface area contributed by atoms with Gasteiger partial charge in [0.2, 0.25) is 0 Å². The lowest BCUT2D eigenvalue weighted by molar-refractivity contribution is -0.231. The fourth-order valence-corrected chi connectivity index (χ4v) is 13.6. The van der Waals surface area contributed by atoms with Crippen LogP contribution in [0.25, 0.3) is 10.6 Å². The Bertz CT molecular complexity index is 1610. The Balaban J connectivity index is 1.28. The van der Waals surface area contributed by atoms with Gasteiger partial charge in [-0.1, -0.05) is 83.5 Å². The smallest absolute Gasteiger partial charge is 0.302 e. The number of ketones is 1. The van der Waals surface area contributed by atoms with E-state index in [1.54, 1.807) is 18.3 Å².